The number of fused-ring (bicyclic) bond motifs is 1. The largest absolute Gasteiger partial charge is 0.388 e. The summed E-state index contributed by atoms with van der Waals surface area (Å²) in [7, 11) is 0. The molecule has 0 radical (unpaired) electrons. The summed E-state index contributed by atoms with van der Waals surface area (Å²) in [5, 5.41) is 16.1. The van der Waals surface area contributed by atoms with Crippen LogP contribution in [0.4, 0.5) is 4.39 Å². The maximum atomic E-state index is 13.8. The molecule has 0 amide bonds. The molecule has 2 aromatic heterocycles. The molecule has 0 aliphatic heterocycles. The standard InChI is InChI=1S/C18H19FN2OS/c1-12(10-16(22)17-5-3-9-23-17)21-11-13-6-7-15(19)14-4-2-8-20-18(13)14/h2-9,12,16,21-22H,10-11H2,1H3. The van der Waals surface area contributed by atoms with Crippen LogP contribution in [0.5, 0.6) is 0 Å². The van der Waals surface area contributed by atoms with Gasteiger partial charge in [0.05, 0.1) is 11.6 Å². The predicted octanol–water partition coefficient (Wildman–Crippen LogP) is 4.04. The summed E-state index contributed by atoms with van der Waals surface area (Å²) in [6.45, 7) is 2.63. The van der Waals surface area contributed by atoms with Crippen molar-refractivity contribution < 1.29 is 9.50 Å². The first-order chi connectivity index (χ1) is 11.1. The molecule has 2 N–H and O–H groups in total. The number of nitrogens with one attached hydrogen (secondary N) is 1. The topological polar surface area (TPSA) is 45.1 Å². The van der Waals surface area contributed by atoms with Crippen LogP contribution in [0.3, 0.4) is 0 Å². The van der Waals surface area contributed by atoms with Crippen LogP contribution in [0.2, 0.25) is 0 Å². The smallest absolute Gasteiger partial charge is 0.132 e. The van der Waals surface area contributed by atoms with Crippen LogP contribution >= 0.6 is 11.3 Å². The van der Waals surface area contributed by atoms with Crippen molar-refractivity contribution in [3.05, 3.63) is 64.2 Å². The number of thiophene rings is 1. The number of benzene rings is 1. The second-order valence-corrected chi connectivity index (χ2v) is 6.63. The van der Waals surface area contributed by atoms with Gasteiger partial charge in [0.2, 0.25) is 0 Å². The summed E-state index contributed by atoms with van der Waals surface area (Å²) in [6.07, 6.45) is 1.85. The van der Waals surface area contributed by atoms with E-state index in [0.29, 0.717) is 23.9 Å². The fourth-order valence-corrected chi connectivity index (χ4v) is 3.36. The Morgan fingerprint density at radius 2 is 2.13 bits per heavy atom. The molecule has 2 heterocycles. The Morgan fingerprint density at radius 3 is 2.91 bits per heavy atom. The maximum Gasteiger partial charge on any atom is 0.132 e. The van der Waals surface area contributed by atoms with Gasteiger partial charge in [0.15, 0.2) is 0 Å². The molecular formula is C18H19FN2OS. The highest BCUT2D eigenvalue weighted by Crippen LogP contribution is 2.23. The molecule has 3 rings (SSSR count). The molecule has 2 unspecified atom stereocenters. The normalized spacial score (nSPS) is 14.0. The minimum atomic E-state index is -0.458. The summed E-state index contributed by atoms with van der Waals surface area (Å²) in [5.41, 5.74) is 1.64. The lowest BCUT2D eigenvalue weighted by Crippen LogP contribution is -2.27. The summed E-state index contributed by atoms with van der Waals surface area (Å²) >= 11 is 1.56. The van der Waals surface area contributed by atoms with Crippen LogP contribution in [0.1, 0.15) is 29.9 Å². The van der Waals surface area contributed by atoms with E-state index in [2.05, 4.69) is 10.3 Å². The zero-order valence-corrected chi connectivity index (χ0v) is 13.7. The number of aliphatic hydroxyl groups is 1. The Hall–Kier alpha value is -1.82. The first-order valence-electron chi connectivity index (χ1n) is 7.62. The minimum Gasteiger partial charge on any atom is -0.388 e. The second kappa shape index (κ2) is 7.17. The molecule has 120 valence electrons. The number of hydrogen-bond acceptors (Lipinski definition) is 4. The number of aromatic nitrogens is 1. The molecule has 0 aliphatic carbocycles. The van der Waals surface area contributed by atoms with Crippen molar-refractivity contribution in [3.63, 3.8) is 0 Å². The number of halogens is 1. The summed E-state index contributed by atoms with van der Waals surface area (Å²) in [6, 6.07) is 10.7. The van der Waals surface area contributed by atoms with Gasteiger partial charge in [0.1, 0.15) is 5.82 Å². The van der Waals surface area contributed by atoms with Crippen molar-refractivity contribution in [2.45, 2.75) is 32.0 Å². The number of pyridine rings is 1. The van der Waals surface area contributed by atoms with E-state index in [1.165, 1.54) is 6.07 Å². The van der Waals surface area contributed by atoms with Crippen LogP contribution in [-0.4, -0.2) is 16.1 Å². The molecule has 1 aromatic carbocycles. The number of nitrogens with zero attached hydrogens (tertiary/aromatic N) is 1. The van der Waals surface area contributed by atoms with Gasteiger partial charge in [-0.05, 0) is 48.6 Å². The third kappa shape index (κ3) is 3.75. The maximum absolute atomic E-state index is 13.8. The number of aliphatic hydroxyl groups excluding tert-OH is 1. The Bertz CT molecular complexity index is 776. The minimum absolute atomic E-state index is 0.135. The highest BCUT2D eigenvalue weighted by Gasteiger charge is 2.14. The van der Waals surface area contributed by atoms with E-state index in [0.717, 1.165) is 10.4 Å². The van der Waals surface area contributed by atoms with Gasteiger partial charge in [0, 0.05) is 29.0 Å². The Labute approximate surface area is 138 Å². The second-order valence-electron chi connectivity index (χ2n) is 5.65. The molecule has 3 aromatic rings. The molecule has 0 fully saturated rings. The van der Waals surface area contributed by atoms with Crippen molar-refractivity contribution in [2.24, 2.45) is 0 Å². The van der Waals surface area contributed by atoms with E-state index in [1.54, 1.807) is 35.7 Å². The Morgan fingerprint density at radius 1 is 1.26 bits per heavy atom. The van der Waals surface area contributed by atoms with E-state index >= 15 is 0 Å². The van der Waals surface area contributed by atoms with Crippen molar-refractivity contribution in [1.82, 2.24) is 10.3 Å². The molecule has 0 spiro atoms. The van der Waals surface area contributed by atoms with E-state index in [1.807, 2.05) is 24.4 Å². The number of rotatable bonds is 6. The molecular weight excluding hydrogens is 311 g/mol. The average Bonchev–Trinajstić information content (AvgIpc) is 3.09. The van der Waals surface area contributed by atoms with E-state index in [9.17, 15) is 9.50 Å². The Kier molecular flexibility index (Phi) is 5.00. The lowest BCUT2D eigenvalue weighted by Gasteiger charge is -2.17. The van der Waals surface area contributed by atoms with Crippen LogP contribution in [0.15, 0.2) is 48.0 Å². The fourth-order valence-electron chi connectivity index (χ4n) is 2.64. The van der Waals surface area contributed by atoms with E-state index in [4.69, 9.17) is 0 Å². The van der Waals surface area contributed by atoms with Crippen LogP contribution in [-0.2, 0) is 6.54 Å². The summed E-state index contributed by atoms with van der Waals surface area (Å²) < 4.78 is 13.8. The van der Waals surface area contributed by atoms with Crippen molar-refractivity contribution >= 4 is 22.2 Å². The van der Waals surface area contributed by atoms with Gasteiger partial charge in [-0.25, -0.2) is 4.39 Å². The third-order valence-corrected chi connectivity index (χ3v) is 4.86. The highest BCUT2D eigenvalue weighted by atomic mass is 32.1. The molecule has 3 nitrogen and oxygen atoms in total. The summed E-state index contributed by atoms with van der Waals surface area (Å²) in [5.74, 6) is -0.252. The molecule has 0 saturated carbocycles. The van der Waals surface area contributed by atoms with Crippen molar-refractivity contribution in [1.29, 1.82) is 0 Å². The SMILES string of the molecule is CC(CC(O)c1cccs1)NCc1ccc(F)c2cccnc12. The highest BCUT2D eigenvalue weighted by molar-refractivity contribution is 7.10. The molecule has 0 bridgehead atoms. The number of hydrogen-bond donors (Lipinski definition) is 2. The zero-order chi connectivity index (χ0) is 16.2. The van der Waals surface area contributed by atoms with Crippen molar-refractivity contribution in [2.75, 3.05) is 0 Å². The van der Waals surface area contributed by atoms with Gasteiger partial charge in [-0.2, -0.15) is 0 Å². The van der Waals surface area contributed by atoms with Gasteiger partial charge in [-0.15, -0.1) is 11.3 Å². The quantitative estimate of drug-likeness (QED) is 0.717. The lowest BCUT2D eigenvalue weighted by molar-refractivity contribution is 0.157. The molecule has 0 saturated heterocycles. The van der Waals surface area contributed by atoms with E-state index < -0.39 is 6.10 Å². The van der Waals surface area contributed by atoms with E-state index in [-0.39, 0.29) is 11.9 Å². The molecule has 5 heteroatoms. The van der Waals surface area contributed by atoms with Gasteiger partial charge in [0.25, 0.3) is 0 Å². The first kappa shape index (κ1) is 16.1. The van der Waals surface area contributed by atoms with Gasteiger partial charge >= 0.3 is 0 Å². The molecule has 2 atom stereocenters. The monoisotopic (exact) mass is 330 g/mol. The van der Waals surface area contributed by atoms with Crippen LogP contribution in [0, 0.1) is 5.82 Å². The third-order valence-electron chi connectivity index (χ3n) is 3.89. The lowest BCUT2D eigenvalue weighted by atomic mass is 10.1. The molecule has 23 heavy (non-hydrogen) atoms. The van der Waals surface area contributed by atoms with Gasteiger partial charge in [-0.1, -0.05) is 12.1 Å². The summed E-state index contributed by atoms with van der Waals surface area (Å²) in [4.78, 5) is 5.27. The molecule has 0 aliphatic rings. The first-order valence-corrected chi connectivity index (χ1v) is 8.50. The van der Waals surface area contributed by atoms with Gasteiger partial charge < -0.3 is 10.4 Å². The Balaban J connectivity index is 1.65. The van der Waals surface area contributed by atoms with Crippen LogP contribution in [0.25, 0.3) is 10.9 Å². The predicted molar refractivity (Wildman–Crippen MR) is 91.9 cm³/mol. The average molecular weight is 330 g/mol. The van der Waals surface area contributed by atoms with Crippen molar-refractivity contribution in [3.8, 4) is 0 Å². The zero-order valence-electron chi connectivity index (χ0n) is 12.9. The van der Waals surface area contributed by atoms with Gasteiger partial charge in [-0.3, -0.25) is 4.98 Å². The van der Waals surface area contributed by atoms with Crippen LogP contribution < -0.4 is 5.32 Å². The fraction of sp³-hybridized carbons (Fsp3) is 0.278.